The molecule has 0 unspecified atom stereocenters. The van der Waals surface area contributed by atoms with Crippen molar-refractivity contribution >= 4 is 5.91 Å². The van der Waals surface area contributed by atoms with Gasteiger partial charge in [0.15, 0.2) is 5.69 Å². The molecule has 4 rings (SSSR count). The van der Waals surface area contributed by atoms with Crippen molar-refractivity contribution in [2.45, 2.75) is 52.1 Å². The molecule has 1 saturated carbocycles. The van der Waals surface area contributed by atoms with Gasteiger partial charge in [-0.3, -0.25) is 14.4 Å². The number of nitrogens with one attached hydrogen (secondary N) is 1. The van der Waals surface area contributed by atoms with Crippen molar-refractivity contribution in [2.75, 3.05) is 19.6 Å². The molecule has 1 fully saturated rings. The molecule has 0 radical (unpaired) electrons. The minimum atomic E-state index is -0.0190. The zero-order chi connectivity index (χ0) is 18.6. The molecule has 5 nitrogen and oxygen atoms in total. The second kappa shape index (κ2) is 8.26. The maximum absolute atomic E-state index is 12.5. The van der Waals surface area contributed by atoms with E-state index in [1.165, 1.54) is 24.1 Å². The topological polar surface area (TPSA) is 50.2 Å². The smallest absolute Gasteiger partial charge is 0.272 e. The van der Waals surface area contributed by atoms with Crippen molar-refractivity contribution in [3.8, 4) is 0 Å². The van der Waals surface area contributed by atoms with Gasteiger partial charge in [0.05, 0.1) is 0 Å². The number of benzene rings is 1. The van der Waals surface area contributed by atoms with E-state index in [2.05, 4.69) is 45.2 Å². The van der Waals surface area contributed by atoms with Crippen LogP contribution in [-0.4, -0.2) is 40.2 Å². The highest BCUT2D eigenvalue weighted by atomic mass is 16.1. The summed E-state index contributed by atoms with van der Waals surface area (Å²) < 4.78 is 2.14. The van der Waals surface area contributed by atoms with Crippen LogP contribution in [0.1, 0.15) is 53.5 Å². The van der Waals surface area contributed by atoms with Crippen LogP contribution in [0.25, 0.3) is 0 Å². The van der Waals surface area contributed by atoms with Crippen molar-refractivity contribution < 1.29 is 4.79 Å². The van der Waals surface area contributed by atoms with Gasteiger partial charge in [-0.05, 0) is 50.6 Å². The van der Waals surface area contributed by atoms with Crippen molar-refractivity contribution in [1.29, 1.82) is 0 Å². The van der Waals surface area contributed by atoms with Crippen LogP contribution < -0.4 is 5.32 Å². The highest BCUT2D eigenvalue weighted by molar-refractivity contribution is 5.94. The van der Waals surface area contributed by atoms with Gasteiger partial charge in [0.1, 0.15) is 0 Å². The first-order chi connectivity index (χ1) is 13.2. The van der Waals surface area contributed by atoms with Crippen molar-refractivity contribution in [3.63, 3.8) is 0 Å². The van der Waals surface area contributed by atoms with Gasteiger partial charge in [-0.1, -0.05) is 30.3 Å². The van der Waals surface area contributed by atoms with E-state index >= 15 is 0 Å². The molecule has 0 spiro atoms. The average molecular weight is 367 g/mol. The van der Waals surface area contributed by atoms with Gasteiger partial charge < -0.3 is 5.32 Å². The Labute approximate surface area is 161 Å². The zero-order valence-electron chi connectivity index (χ0n) is 16.3. The number of rotatable bonds is 8. The molecule has 1 amide bonds. The number of aryl methyl sites for hydroxylation is 1. The summed E-state index contributed by atoms with van der Waals surface area (Å²) in [5, 5.41) is 7.67. The fourth-order valence-electron chi connectivity index (χ4n) is 4.01. The van der Waals surface area contributed by atoms with Gasteiger partial charge >= 0.3 is 0 Å². The lowest BCUT2D eigenvalue weighted by molar-refractivity contribution is 0.0947. The molecule has 0 saturated heterocycles. The molecular formula is C22H30N4O. The third-order valence-corrected chi connectivity index (χ3v) is 5.68. The first-order valence-corrected chi connectivity index (χ1v) is 10.4. The van der Waals surface area contributed by atoms with Crippen molar-refractivity contribution in [2.24, 2.45) is 5.92 Å². The lowest BCUT2D eigenvalue weighted by Gasteiger charge is -2.27. The van der Waals surface area contributed by atoms with E-state index in [-0.39, 0.29) is 5.91 Å². The number of hydrogen-bond acceptors (Lipinski definition) is 3. The third-order valence-electron chi connectivity index (χ3n) is 5.68. The summed E-state index contributed by atoms with van der Waals surface area (Å²) in [6.07, 6.45) is 5.85. The van der Waals surface area contributed by atoms with Crippen LogP contribution in [0.2, 0.25) is 0 Å². The lowest BCUT2D eigenvalue weighted by Crippen LogP contribution is -2.33. The Kier molecular flexibility index (Phi) is 5.58. The zero-order valence-corrected chi connectivity index (χ0v) is 16.3. The van der Waals surface area contributed by atoms with E-state index in [1.807, 2.05) is 6.92 Å². The Balaban J connectivity index is 1.43. The number of aromatic nitrogens is 2. The SMILES string of the molecule is CCNC(=O)c1nn(CC2CC2)c2c1CN(CCCc1ccccc1)CC2. The maximum Gasteiger partial charge on any atom is 0.272 e. The van der Waals surface area contributed by atoms with Crippen molar-refractivity contribution in [3.05, 3.63) is 52.8 Å². The van der Waals surface area contributed by atoms with Crippen LogP contribution in [0, 0.1) is 5.92 Å². The number of hydrogen-bond donors (Lipinski definition) is 1. The van der Waals surface area contributed by atoms with Gasteiger partial charge in [0, 0.05) is 43.9 Å². The molecule has 144 valence electrons. The molecular weight excluding hydrogens is 336 g/mol. The monoisotopic (exact) mass is 366 g/mol. The highest BCUT2D eigenvalue weighted by Crippen LogP contribution is 2.32. The molecule has 27 heavy (non-hydrogen) atoms. The molecule has 1 aromatic heterocycles. The molecule has 2 heterocycles. The first kappa shape index (κ1) is 18.2. The molecule has 5 heteroatoms. The van der Waals surface area contributed by atoms with Crippen LogP contribution in [0.3, 0.4) is 0 Å². The van der Waals surface area contributed by atoms with E-state index in [1.54, 1.807) is 0 Å². The van der Waals surface area contributed by atoms with Gasteiger partial charge in [0.25, 0.3) is 5.91 Å². The van der Waals surface area contributed by atoms with Gasteiger partial charge in [0.2, 0.25) is 0 Å². The predicted octanol–water partition coefficient (Wildman–Crippen LogP) is 3.03. The van der Waals surface area contributed by atoms with E-state index in [0.29, 0.717) is 12.2 Å². The molecule has 0 bridgehead atoms. The van der Waals surface area contributed by atoms with Crippen LogP contribution in [0.5, 0.6) is 0 Å². The summed E-state index contributed by atoms with van der Waals surface area (Å²) in [5.74, 6) is 0.745. The third kappa shape index (κ3) is 4.41. The summed E-state index contributed by atoms with van der Waals surface area (Å²) in [4.78, 5) is 15.0. The second-order valence-corrected chi connectivity index (χ2v) is 7.87. The van der Waals surface area contributed by atoms with Crippen LogP contribution in [0.15, 0.2) is 30.3 Å². The Hall–Kier alpha value is -2.14. The first-order valence-electron chi connectivity index (χ1n) is 10.4. The molecule has 1 aliphatic carbocycles. The molecule has 1 aliphatic heterocycles. The normalized spacial score (nSPS) is 16.9. The number of amides is 1. The van der Waals surface area contributed by atoms with Crippen molar-refractivity contribution in [1.82, 2.24) is 20.0 Å². The Morgan fingerprint density at radius 1 is 1.26 bits per heavy atom. The molecule has 1 aromatic carbocycles. The largest absolute Gasteiger partial charge is 0.351 e. The molecule has 2 aromatic rings. The van der Waals surface area contributed by atoms with Crippen LogP contribution in [0.4, 0.5) is 0 Å². The quantitative estimate of drug-likeness (QED) is 0.781. The van der Waals surface area contributed by atoms with E-state index in [9.17, 15) is 4.79 Å². The number of carbonyl (C=O) groups is 1. The van der Waals surface area contributed by atoms with Crippen LogP contribution in [-0.2, 0) is 25.9 Å². The summed E-state index contributed by atoms with van der Waals surface area (Å²) >= 11 is 0. The van der Waals surface area contributed by atoms with E-state index in [0.717, 1.165) is 56.9 Å². The highest BCUT2D eigenvalue weighted by Gasteiger charge is 2.30. The summed E-state index contributed by atoms with van der Waals surface area (Å²) in [5.41, 5.74) is 4.51. The van der Waals surface area contributed by atoms with Crippen LogP contribution >= 0.6 is 0 Å². The van der Waals surface area contributed by atoms with Gasteiger partial charge in [-0.2, -0.15) is 5.10 Å². The summed E-state index contributed by atoms with van der Waals surface area (Å²) in [6.45, 7) is 6.56. The Morgan fingerprint density at radius 2 is 2.07 bits per heavy atom. The number of carbonyl (C=O) groups excluding carboxylic acids is 1. The minimum Gasteiger partial charge on any atom is -0.351 e. The molecule has 2 aliphatic rings. The fourth-order valence-corrected chi connectivity index (χ4v) is 4.01. The molecule has 0 atom stereocenters. The van der Waals surface area contributed by atoms with E-state index in [4.69, 9.17) is 5.10 Å². The number of nitrogens with zero attached hydrogens (tertiary/aromatic N) is 3. The maximum atomic E-state index is 12.5. The van der Waals surface area contributed by atoms with Gasteiger partial charge in [-0.15, -0.1) is 0 Å². The standard InChI is InChI=1S/C22H30N4O/c1-2-23-22(27)21-19-16-25(13-6-9-17-7-4-3-5-8-17)14-12-20(19)26(24-21)15-18-10-11-18/h3-5,7-8,18H,2,6,9-16H2,1H3,(H,23,27). The Bertz CT molecular complexity index is 779. The van der Waals surface area contributed by atoms with Gasteiger partial charge in [-0.25, -0.2) is 0 Å². The second-order valence-electron chi connectivity index (χ2n) is 7.87. The average Bonchev–Trinajstić information content (AvgIpc) is 3.43. The fraction of sp³-hybridized carbons (Fsp3) is 0.545. The lowest BCUT2D eigenvalue weighted by atomic mass is 10.0. The minimum absolute atomic E-state index is 0.0190. The number of fused-ring (bicyclic) bond motifs is 1. The molecule has 1 N–H and O–H groups in total. The van der Waals surface area contributed by atoms with E-state index < -0.39 is 0 Å². The summed E-state index contributed by atoms with van der Waals surface area (Å²) in [6, 6.07) is 10.7. The Morgan fingerprint density at radius 3 is 2.81 bits per heavy atom. The predicted molar refractivity (Wildman–Crippen MR) is 107 cm³/mol. The summed E-state index contributed by atoms with van der Waals surface area (Å²) in [7, 11) is 0.